The summed E-state index contributed by atoms with van der Waals surface area (Å²) in [4.78, 5) is 10.4. The van der Waals surface area contributed by atoms with Crippen LogP contribution in [0.1, 0.15) is 0 Å². The first-order valence-corrected chi connectivity index (χ1v) is 5.54. The first kappa shape index (κ1) is 12.8. The van der Waals surface area contributed by atoms with Crippen molar-refractivity contribution in [3.8, 4) is 0 Å². The molecule has 0 heterocycles. The van der Waals surface area contributed by atoms with Gasteiger partial charge in [-0.1, -0.05) is 15.9 Å². The highest BCUT2D eigenvalue weighted by molar-refractivity contribution is 9.10. The number of amides is 1. The zero-order valence-electron chi connectivity index (χ0n) is 8.70. The van der Waals surface area contributed by atoms with Crippen molar-refractivity contribution in [2.45, 2.75) is 0 Å². The van der Waals surface area contributed by atoms with Gasteiger partial charge in [0, 0.05) is 11.0 Å². The van der Waals surface area contributed by atoms with Gasteiger partial charge >= 0.3 is 0 Å². The van der Waals surface area contributed by atoms with E-state index in [0.29, 0.717) is 18.8 Å². The van der Waals surface area contributed by atoms with Crippen LogP contribution < -0.4 is 16.8 Å². The highest BCUT2D eigenvalue weighted by Gasteiger charge is 1.99. The van der Waals surface area contributed by atoms with Crippen molar-refractivity contribution < 1.29 is 9.53 Å². The van der Waals surface area contributed by atoms with Gasteiger partial charge < -0.3 is 21.5 Å². The van der Waals surface area contributed by atoms with Gasteiger partial charge in [0.05, 0.1) is 18.0 Å². The maximum atomic E-state index is 10.4. The number of halogens is 1. The molecule has 6 heteroatoms. The van der Waals surface area contributed by atoms with Crippen LogP contribution in [0.5, 0.6) is 0 Å². The SMILES string of the molecule is NC(=O)COCCNc1ccc(Br)cc1N. The van der Waals surface area contributed by atoms with E-state index >= 15 is 0 Å². The quantitative estimate of drug-likeness (QED) is 0.537. The van der Waals surface area contributed by atoms with Gasteiger partial charge in [-0.3, -0.25) is 4.79 Å². The predicted molar refractivity (Wildman–Crippen MR) is 67.1 cm³/mol. The Bertz CT molecular complexity index is 371. The van der Waals surface area contributed by atoms with Crippen molar-refractivity contribution >= 4 is 33.2 Å². The minimum Gasteiger partial charge on any atom is -0.397 e. The van der Waals surface area contributed by atoms with Gasteiger partial charge in [0.2, 0.25) is 5.91 Å². The fourth-order valence-electron chi connectivity index (χ4n) is 1.13. The van der Waals surface area contributed by atoms with Gasteiger partial charge in [-0.15, -0.1) is 0 Å². The molecule has 1 aromatic carbocycles. The van der Waals surface area contributed by atoms with E-state index in [2.05, 4.69) is 21.2 Å². The number of nitrogen functional groups attached to an aromatic ring is 1. The number of carbonyl (C=O) groups excluding carboxylic acids is 1. The summed E-state index contributed by atoms with van der Waals surface area (Å²) in [7, 11) is 0. The largest absolute Gasteiger partial charge is 0.397 e. The van der Waals surface area contributed by atoms with E-state index in [1.54, 1.807) is 0 Å². The van der Waals surface area contributed by atoms with E-state index < -0.39 is 5.91 Å². The van der Waals surface area contributed by atoms with E-state index in [1.807, 2.05) is 18.2 Å². The monoisotopic (exact) mass is 287 g/mol. The van der Waals surface area contributed by atoms with Gasteiger partial charge in [-0.05, 0) is 18.2 Å². The lowest BCUT2D eigenvalue weighted by Gasteiger charge is -2.09. The third-order valence-corrected chi connectivity index (χ3v) is 2.31. The number of nitrogens with one attached hydrogen (secondary N) is 1. The molecule has 0 unspecified atom stereocenters. The van der Waals surface area contributed by atoms with E-state index in [1.165, 1.54) is 0 Å². The highest BCUT2D eigenvalue weighted by atomic mass is 79.9. The van der Waals surface area contributed by atoms with Gasteiger partial charge in [0.15, 0.2) is 0 Å². The average Bonchev–Trinajstić information content (AvgIpc) is 2.20. The second kappa shape index (κ2) is 6.34. The molecule has 16 heavy (non-hydrogen) atoms. The number of benzene rings is 1. The summed E-state index contributed by atoms with van der Waals surface area (Å²) in [5.74, 6) is -0.469. The van der Waals surface area contributed by atoms with Crippen LogP contribution in [0.15, 0.2) is 22.7 Å². The van der Waals surface area contributed by atoms with Crippen LogP contribution in [0.4, 0.5) is 11.4 Å². The lowest BCUT2D eigenvalue weighted by atomic mass is 10.3. The van der Waals surface area contributed by atoms with Crippen LogP contribution in [0.2, 0.25) is 0 Å². The number of primary amides is 1. The Labute approximate surface area is 102 Å². The molecule has 0 spiro atoms. The highest BCUT2D eigenvalue weighted by Crippen LogP contribution is 2.22. The lowest BCUT2D eigenvalue weighted by Crippen LogP contribution is -2.20. The smallest absolute Gasteiger partial charge is 0.243 e. The molecular formula is C10H14BrN3O2. The van der Waals surface area contributed by atoms with Crippen LogP contribution in [0.3, 0.4) is 0 Å². The Hall–Kier alpha value is -1.27. The van der Waals surface area contributed by atoms with Crippen molar-refractivity contribution in [2.24, 2.45) is 5.73 Å². The number of hydrogen-bond acceptors (Lipinski definition) is 4. The summed E-state index contributed by atoms with van der Waals surface area (Å²) >= 11 is 3.32. The zero-order chi connectivity index (χ0) is 12.0. The fraction of sp³-hybridized carbons (Fsp3) is 0.300. The second-order valence-corrected chi connectivity index (χ2v) is 4.09. The molecular weight excluding hydrogens is 274 g/mol. The number of rotatable bonds is 6. The van der Waals surface area contributed by atoms with E-state index in [4.69, 9.17) is 16.2 Å². The maximum Gasteiger partial charge on any atom is 0.243 e. The summed E-state index contributed by atoms with van der Waals surface area (Å²) in [6.45, 7) is 0.912. The van der Waals surface area contributed by atoms with Crippen LogP contribution in [-0.2, 0) is 9.53 Å². The standard InChI is InChI=1S/C10H14BrN3O2/c11-7-1-2-9(8(12)5-7)14-3-4-16-6-10(13)15/h1-2,5,14H,3-4,6,12H2,(H2,13,15). The third-order valence-electron chi connectivity index (χ3n) is 1.82. The summed E-state index contributed by atoms with van der Waals surface area (Å²) in [5.41, 5.74) is 12.2. The molecule has 0 aromatic heterocycles. The molecule has 0 fully saturated rings. The van der Waals surface area contributed by atoms with Gasteiger partial charge in [-0.2, -0.15) is 0 Å². The number of anilines is 2. The van der Waals surface area contributed by atoms with Crippen molar-refractivity contribution in [2.75, 3.05) is 30.8 Å². The predicted octanol–water partition coefficient (Wildman–Crippen LogP) is 0.945. The molecule has 5 N–H and O–H groups in total. The summed E-state index contributed by atoms with van der Waals surface area (Å²) in [6, 6.07) is 5.57. The molecule has 0 radical (unpaired) electrons. The fourth-order valence-corrected chi connectivity index (χ4v) is 1.50. The van der Waals surface area contributed by atoms with E-state index in [-0.39, 0.29) is 6.61 Å². The Kier molecular flexibility index (Phi) is 5.07. The molecule has 5 nitrogen and oxygen atoms in total. The molecule has 1 aromatic rings. The van der Waals surface area contributed by atoms with Crippen molar-refractivity contribution in [3.05, 3.63) is 22.7 Å². The topological polar surface area (TPSA) is 90.4 Å². The Morgan fingerprint density at radius 1 is 1.50 bits per heavy atom. The first-order chi connectivity index (χ1) is 7.59. The summed E-state index contributed by atoms with van der Waals surface area (Å²) in [5, 5.41) is 3.09. The molecule has 1 rings (SSSR count). The molecule has 0 aliphatic carbocycles. The Morgan fingerprint density at radius 2 is 2.25 bits per heavy atom. The molecule has 1 amide bonds. The molecule has 0 atom stereocenters. The molecule has 0 saturated heterocycles. The zero-order valence-corrected chi connectivity index (χ0v) is 10.3. The normalized spacial score (nSPS) is 10.1. The van der Waals surface area contributed by atoms with E-state index in [9.17, 15) is 4.79 Å². The Balaban J connectivity index is 2.29. The number of nitrogens with two attached hydrogens (primary N) is 2. The van der Waals surface area contributed by atoms with Crippen molar-refractivity contribution in [1.29, 1.82) is 0 Å². The minimum atomic E-state index is -0.469. The average molecular weight is 288 g/mol. The van der Waals surface area contributed by atoms with Gasteiger partial charge in [-0.25, -0.2) is 0 Å². The van der Waals surface area contributed by atoms with Crippen molar-refractivity contribution in [3.63, 3.8) is 0 Å². The molecule has 0 bridgehead atoms. The molecule has 0 aliphatic heterocycles. The second-order valence-electron chi connectivity index (χ2n) is 3.18. The molecule has 0 aliphatic rings. The van der Waals surface area contributed by atoms with Gasteiger partial charge in [0.1, 0.15) is 6.61 Å². The summed E-state index contributed by atoms with van der Waals surface area (Å²) < 4.78 is 5.92. The minimum absolute atomic E-state index is 0.0580. The van der Waals surface area contributed by atoms with Crippen molar-refractivity contribution in [1.82, 2.24) is 0 Å². The van der Waals surface area contributed by atoms with Crippen LogP contribution in [0.25, 0.3) is 0 Å². The van der Waals surface area contributed by atoms with Crippen LogP contribution in [-0.4, -0.2) is 25.7 Å². The van der Waals surface area contributed by atoms with Crippen LogP contribution in [0, 0.1) is 0 Å². The third kappa shape index (κ3) is 4.50. The number of carbonyl (C=O) groups is 1. The Morgan fingerprint density at radius 3 is 2.88 bits per heavy atom. The molecule has 0 saturated carbocycles. The van der Waals surface area contributed by atoms with Crippen LogP contribution >= 0.6 is 15.9 Å². The lowest BCUT2D eigenvalue weighted by molar-refractivity contribution is -0.122. The first-order valence-electron chi connectivity index (χ1n) is 4.74. The molecule has 88 valence electrons. The van der Waals surface area contributed by atoms with E-state index in [0.717, 1.165) is 10.2 Å². The maximum absolute atomic E-state index is 10.4. The summed E-state index contributed by atoms with van der Waals surface area (Å²) in [6.07, 6.45) is 0. The number of ether oxygens (including phenoxy) is 1. The van der Waals surface area contributed by atoms with Gasteiger partial charge in [0.25, 0.3) is 0 Å². The number of hydrogen-bond donors (Lipinski definition) is 3.